The van der Waals surface area contributed by atoms with Gasteiger partial charge in [0.1, 0.15) is 0 Å². The summed E-state index contributed by atoms with van der Waals surface area (Å²) in [5.74, 6) is 3.90. The Morgan fingerprint density at radius 1 is 1.57 bits per heavy atom. The molecule has 6 heteroatoms. The first-order valence-corrected chi connectivity index (χ1v) is 6.62. The predicted molar refractivity (Wildman–Crippen MR) is 75.9 cm³/mol. The Morgan fingerprint density at radius 2 is 2.29 bits per heavy atom. The molecule has 0 N–H and O–H groups in total. The Balaban J connectivity index is 2.51. The molecule has 0 fully saturated rings. The molecular formula is C15H17NO5. The molecule has 2 atom stereocenters. The summed E-state index contributed by atoms with van der Waals surface area (Å²) in [6, 6.07) is -0.592. The summed E-state index contributed by atoms with van der Waals surface area (Å²) in [7, 11) is 0. The zero-order chi connectivity index (χ0) is 15.8. The summed E-state index contributed by atoms with van der Waals surface area (Å²) in [6.07, 6.45) is 5.41. The predicted octanol–water partition coefficient (Wildman–Crippen LogP) is 1.82. The molecule has 0 saturated heterocycles. The minimum atomic E-state index is -0.682. The van der Waals surface area contributed by atoms with E-state index in [1.54, 1.807) is 6.92 Å². The molecule has 0 aromatic carbocycles. The molecule has 0 amide bonds. The zero-order valence-electron chi connectivity index (χ0n) is 12.0. The summed E-state index contributed by atoms with van der Waals surface area (Å²) < 4.78 is 4.95. The maximum atomic E-state index is 11.5. The van der Waals surface area contributed by atoms with Crippen LogP contribution in [0, 0.1) is 22.0 Å². The van der Waals surface area contributed by atoms with Crippen molar-refractivity contribution in [3.05, 3.63) is 33.9 Å². The van der Waals surface area contributed by atoms with Gasteiger partial charge in [-0.3, -0.25) is 14.9 Å². The number of carbonyl (C=O) groups is 2. The van der Waals surface area contributed by atoms with Gasteiger partial charge >= 0.3 is 5.97 Å². The number of hydrogen-bond donors (Lipinski definition) is 0. The smallest absolute Gasteiger partial charge is 0.331 e. The molecule has 1 aliphatic rings. The number of Topliss-reactive ketones (excluding diaryl/α,β-unsaturated/α-hetero) is 1. The zero-order valence-corrected chi connectivity index (χ0v) is 12.0. The number of carbonyl (C=O) groups excluding carboxylic acids is 2. The first kappa shape index (κ1) is 16.6. The van der Waals surface area contributed by atoms with Crippen LogP contribution in [0.25, 0.3) is 0 Å². The van der Waals surface area contributed by atoms with Gasteiger partial charge in [0.15, 0.2) is 6.10 Å². The number of allylic oxidation sites excluding steroid dienone is 2. The van der Waals surface area contributed by atoms with Crippen molar-refractivity contribution in [3.63, 3.8) is 0 Å². The molecule has 0 radical (unpaired) electrons. The third-order valence-corrected chi connectivity index (χ3v) is 2.85. The van der Waals surface area contributed by atoms with Gasteiger partial charge in [-0.25, -0.2) is 4.79 Å². The third-order valence-electron chi connectivity index (χ3n) is 2.85. The highest BCUT2D eigenvalue weighted by molar-refractivity contribution is 5.93. The van der Waals surface area contributed by atoms with E-state index in [0.29, 0.717) is 19.3 Å². The highest BCUT2D eigenvalue weighted by atomic mass is 16.6. The normalized spacial score (nSPS) is 19.1. The standard InChI is InChI=1S/C15H17NO5/c1-11(17)6-7-12(2)21-15(18)9-8-13-4-3-5-14(10-13)16(19)20/h4,8-9,12,14H,3,5,10H2,1-2H3/b9-8+/t12-,14?/m1/s1. The van der Waals surface area contributed by atoms with E-state index >= 15 is 0 Å². The maximum absolute atomic E-state index is 11.5. The van der Waals surface area contributed by atoms with Gasteiger partial charge in [-0.05, 0) is 24.8 Å². The summed E-state index contributed by atoms with van der Waals surface area (Å²) in [6.45, 7) is 2.88. The van der Waals surface area contributed by atoms with Crippen LogP contribution in [0.3, 0.4) is 0 Å². The number of ketones is 1. The summed E-state index contributed by atoms with van der Waals surface area (Å²) in [5.41, 5.74) is 0.752. The fourth-order valence-electron chi connectivity index (χ4n) is 1.86. The molecule has 1 unspecified atom stereocenters. The first-order valence-electron chi connectivity index (χ1n) is 6.62. The quantitative estimate of drug-likeness (QED) is 0.197. The summed E-state index contributed by atoms with van der Waals surface area (Å²) in [4.78, 5) is 32.6. The van der Waals surface area contributed by atoms with Gasteiger partial charge in [-0.15, -0.1) is 0 Å². The molecule has 0 saturated carbocycles. The Kier molecular flexibility index (Phi) is 6.34. The molecular weight excluding hydrogens is 274 g/mol. The van der Waals surface area contributed by atoms with E-state index < -0.39 is 18.1 Å². The van der Waals surface area contributed by atoms with E-state index in [0.717, 1.165) is 5.57 Å². The van der Waals surface area contributed by atoms with Crippen LogP contribution in [0.1, 0.15) is 33.1 Å². The lowest BCUT2D eigenvalue weighted by molar-refractivity contribution is -0.523. The Morgan fingerprint density at radius 3 is 2.90 bits per heavy atom. The molecule has 0 aliphatic heterocycles. The molecule has 21 heavy (non-hydrogen) atoms. The van der Waals surface area contributed by atoms with Crippen LogP contribution in [-0.2, 0) is 14.3 Å². The van der Waals surface area contributed by atoms with Crippen molar-refractivity contribution in [1.82, 2.24) is 0 Å². The summed E-state index contributed by atoms with van der Waals surface area (Å²) >= 11 is 0. The van der Waals surface area contributed by atoms with Crippen LogP contribution >= 0.6 is 0 Å². The third kappa shape index (κ3) is 6.52. The number of rotatable bonds is 4. The average Bonchev–Trinajstić information content (AvgIpc) is 2.43. The monoisotopic (exact) mass is 291 g/mol. The van der Waals surface area contributed by atoms with Crippen molar-refractivity contribution in [1.29, 1.82) is 0 Å². The Hall–Kier alpha value is -2.42. The van der Waals surface area contributed by atoms with Crippen molar-refractivity contribution in [2.45, 2.75) is 45.3 Å². The molecule has 112 valence electrons. The van der Waals surface area contributed by atoms with Gasteiger partial charge in [0, 0.05) is 30.8 Å². The number of ether oxygens (including phenoxy) is 1. The second-order valence-corrected chi connectivity index (χ2v) is 4.74. The lowest BCUT2D eigenvalue weighted by atomic mass is 9.95. The average molecular weight is 291 g/mol. The van der Waals surface area contributed by atoms with Crippen LogP contribution in [0.15, 0.2) is 23.8 Å². The Bertz CT molecular complexity index is 550. The van der Waals surface area contributed by atoms with Gasteiger partial charge in [0.05, 0.1) is 0 Å². The number of nitrogens with zero attached hydrogens (tertiary/aromatic N) is 1. The van der Waals surface area contributed by atoms with Crippen LogP contribution < -0.4 is 0 Å². The fourth-order valence-corrected chi connectivity index (χ4v) is 1.86. The van der Waals surface area contributed by atoms with E-state index in [2.05, 4.69) is 11.8 Å². The van der Waals surface area contributed by atoms with E-state index in [1.165, 1.54) is 19.1 Å². The molecule has 1 aliphatic carbocycles. The van der Waals surface area contributed by atoms with Crippen LogP contribution in [0.4, 0.5) is 0 Å². The van der Waals surface area contributed by atoms with E-state index in [-0.39, 0.29) is 10.7 Å². The molecule has 0 spiro atoms. The first-order chi connectivity index (χ1) is 9.88. The van der Waals surface area contributed by atoms with E-state index in [9.17, 15) is 19.7 Å². The highest BCUT2D eigenvalue weighted by Gasteiger charge is 2.23. The molecule has 6 nitrogen and oxygen atoms in total. The second-order valence-electron chi connectivity index (χ2n) is 4.74. The number of nitro groups is 1. The van der Waals surface area contributed by atoms with Crippen LogP contribution in [0.2, 0.25) is 0 Å². The van der Waals surface area contributed by atoms with Crippen molar-refractivity contribution in [3.8, 4) is 11.8 Å². The SMILES string of the molecule is CC(=O)C#C[C@@H](C)OC(=O)/C=C/C1=CCCC([N+](=O)[O-])C1. The largest absolute Gasteiger partial charge is 0.446 e. The van der Waals surface area contributed by atoms with Crippen LogP contribution in [0.5, 0.6) is 0 Å². The molecule has 0 aromatic heterocycles. The van der Waals surface area contributed by atoms with Crippen molar-refractivity contribution >= 4 is 11.8 Å². The van der Waals surface area contributed by atoms with E-state index in [4.69, 9.17) is 4.74 Å². The fraction of sp³-hybridized carbons (Fsp3) is 0.467. The van der Waals surface area contributed by atoms with Crippen molar-refractivity contribution in [2.24, 2.45) is 0 Å². The minimum absolute atomic E-state index is 0.293. The van der Waals surface area contributed by atoms with Crippen molar-refractivity contribution in [2.75, 3.05) is 0 Å². The van der Waals surface area contributed by atoms with Gasteiger partial charge in [-0.2, -0.15) is 0 Å². The lowest BCUT2D eigenvalue weighted by Gasteiger charge is -2.14. The summed E-state index contributed by atoms with van der Waals surface area (Å²) in [5, 5.41) is 10.7. The molecule has 0 heterocycles. The van der Waals surface area contributed by atoms with Gasteiger partial charge in [0.2, 0.25) is 11.8 Å². The van der Waals surface area contributed by atoms with Crippen molar-refractivity contribution < 1.29 is 19.2 Å². The van der Waals surface area contributed by atoms with Gasteiger partial charge < -0.3 is 4.74 Å². The minimum Gasteiger partial charge on any atom is -0.446 e. The van der Waals surface area contributed by atoms with Gasteiger partial charge in [-0.1, -0.05) is 18.1 Å². The van der Waals surface area contributed by atoms with E-state index in [1.807, 2.05) is 6.08 Å². The molecule has 0 bridgehead atoms. The topological polar surface area (TPSA) is 86.5 Å². The van der Waals surface area contributed by atoms with Gasteiger partial charge in [0.25, 0.3) is 0 Å². The van der Waals surface area contributed by atoms with Crippen LogP contribution in [-0.4, -0.2) is 28.8 Å². The Labute approximate surface area is 123 Å². The number of esters is 1. The lowest BCUT2D eigenvalue weighted by Crippen LogP contribution is -2.22. The molecule has 1 rings (SSSR count). The highest BCUT2D eigenvalue weighted by Crippen LogP contribution is 2.21. The second kappa shape index (κ2) is 8.00. The number of hydrogen-bond acceptors (Lipinski definition) is 5. The maximum Gasteiger partial charge on any atom is 0.331 e. The molecule has 0 aromatic rings.